The molecule has 1 heterocycles. The van der Waals surface area contributed by atoms with Gasteiger partial charge in [0, 0.05) is 42.9 Å². The number of aliphatic imine (C=N–C) groups is 1. The summed E-state index contributed by atoms with van der Waals surface area (Å²) in [5, 5.41) is 18.0. The van der Waals surface area contributed by atoms with Gasteiger partial charge in [0.1, 0.15) is 6.10 Å². The first-order valence-electron chi connectivity index (χ1n) is 8.95. The summed E-state index contributed by atoms with van der Waals surface area (Å²) in [5.41, 5.74) is 0. The summed E-state index contributed by atoms with van der Waals surface area (Å²) >= 11 is 1.63. The van der Waals surface area contributed by atoms with Crippen molar-refractivity contribution in [2.24, 2.45) is 10.9 Å². The molecule has 7 heteroatoms. The third kappa shape index (κ3) is 6.68. The van der Waals surface area contributed by atoms with Crippen molar-refractivity contribution in [3.63, 3.8) is 0 Å². The second-order valence-corrected chi connectivity index (χ2v) is 7.57. The molecule has 1 aliphatic carbocycles. The predicted molar refractivity (Wildman–Crippen MR) is 120 cm³/mol. The van der Waals surface area contributed by atoms with Crippen LogP contribution >= 0.6 is 35.3 Å². The summed E-state index contributed by atoms with van der Waals surface area (Å²) in [6, 6.07) is 10.2. The molecule has 0 aliphatic heterocycles. The molecule has 1 aromatic heterocycles. The second-order valence-electron chi connectivity index (χ2n) is 6.45. The fourth-order valence-corrected chi connectivity index (χ4v) is 3.65. The number of aliphatic hydroxyl groups is 1. The molecule has 1 aromatic carbocycles. The van der Waals surface area contributed by atoms with Crippen molar-refractivity contribution in [1.82, 2.24) is 10.6 Å². The number of rotatable bonds is 9. The van der Waals surface area contributed by atoms with Crippen LogP contribution in [0.15, 0.2) is 35.3 Å². The maximum atomic E-state index is 10.4. The van der Waals surface area contributed by atoms with Crippen molar-refractivity contribution in [3.05, 3.63) is 35.2 Å². The third-order valence-corrected chi connectivity index (χ3v) is 5.49. The summed E-state index contributed by atoms with van der Waals surface area (Å²) in [6.07, 6.45) is 3.07. The molecule has 1 fully saturated rings. The largest absolute Gasteiger partial charge is 0.386 e. The lowest BCUT2D eigenvalue weighted by molar-refractivity contribution is 0.123. The lowest BCUT2D eigenvalue weighted by Crippen LogP contribution is -2.39. The molecule has 1 saturated carbocycles. The van der Waals surface area contributed by atoms with Gasteiger partial charge in [-0.3, -0.25) is 4.99 Å². The van der Waals surface area contributed by atoms with Crippen molar-refractivity contribution >= 4 is 51.4 Å². The topological polar surface area (TPSA) is 65.9 Å². The third-order valence-electron chi connectivity index (χ3n) is 4.27. The predicted octanol–water partition coefficient (Wildman–Crippen LogP) is 3.53. The highest BCUT2D eigenvalue weighted by atomic mass is 127. The Hall–Kier alpha value is -0.900. The normalized spacial score (nSPS) is 15.5. The molecule has 3 rings (SSSR count). The van der Waals surface area contributed by atoms with E-state index in [0.717, 1.165) is 37.0 Å². The Kier molecular flexibility index (Phi) is 9.10. The summed E-state index contributed by atoms with van der Waals surface area (Å²) in [4.78, 5) is 5.17. The average molecular weight is 489 g/mol. The van der Waals surface area contributed by atoms with Gasteiger partial charge in [-0.2, -0.15) is 0 Å². The minimum atomic E-state index is -0.544. The Labute approximate surface area is 176 Å². The lowest BCUT2D eigenvalue weighted by atomic mass is 10.2. The van der Waals surface area contributed by atoms with Gasteiger partial charge >= 0.3 is 0 Å². The maximum absolute atomic E-state index is 10.4. The van der Waals surface area contributed by atoms with Crippen LogP contribution in [0.4, 0.5) is 0 Å². The van der Waals surface area contributed by atoms with Crippen LogP contribution in [0.25, 0.3) is 10.1 Å². The van der Waals surface area contributed by atoms with E-state index in [1.54, 1.807) is 18.4 Å². The number of nitrogens with zero attached hydrogens (tertiary/aromatic N) is 1. The Morgan fingerprint density at radius 1 is 1.35 bits per heavy atom. The summed E-state index contributed by atoms with van der Waals surface area (Å²) in [6.45, 7) is 2.94. The van der Waals surface area contributed by atoms with Crippen LogP contribution in [0.1, 0.15) is 30.2 Å². The smallest absolute Gasteiger partial charge is 0.191 e. The molecular weight excluding hydrogens is 461 g/mol. The van der Waals surface area contributed by atoms with Gasteiger partial charge in [-0.15, -0.1) is 35.3 Å². The molecule has 5 nitrogen and oxygen atoms in total. The zero-order valence-electron chi connectivity index (χ0n) is 15.1. The standard InChI is InChI=1S/C19H27N3O2S.HI/c1-20-19(21-9-4-10-24-13-14-7-8-14)22-12-16(23)18-11-15-5-2-3-6-17(15)25-18;/h2-3,5-6,11,14,16,23H,4,7-10,12-13H2,1H3,(H2,20,21,22);1H. The number of nitrogens with one attached hydrogen (secondary N) is 2. The zero-order valence-corrected chi connectivity index (χ0v) is 18.3. The van der Waals surface area contributed by atoms with Crippen molar-refractivity contribution < 1.29 is 9.84 Å². The zero-order chi connectivity index (χ0) is 17.5. The maximum Gasteiger partial charge on any atom is 0.191 e. The molecule has 0 saturated heterocycles. The van der Waals surface area contributed by atoms with Gasteiger partial charge in [0.25, 0.3) is 0 Å². The molecule has 0 bridgehead atoms. The van der Waals surface area contributed by atoms with Crippen LogP contribution in [0.5, 0.6) is 0 Å². The van der Waals surface area contributed by atoms with Crippen LogP contribution in [-0.2, 0) is 4.74 Å². The number of benzene rings is 1. The molecule has 1 atom stereocenters. The van der Waals surface area contributed by atoms with Crippen LogP contribution < -0.4 is 10.6 Å². The molecule has 1 unspecified atom stereocenters. The first-order valence-corrected chi connectivity index (χ1v) is 9.76. The van der Waals surface area contributed by atoms with Gasteiger partial charge in [0.2, 0.25) is 0 Å². The van der Waals surface area contributed by atoms with Gasteiger partial charge in [-0.25, -0.2) is 0 Å². The Morgan fingerprint density at radius 2 is 2.15 bits per heavy atom. The van der Waals surface area contributed by atoms with Gasteiger partial charge in [-0.1, -0.05) is 18.2 Å². The van der Waals surface area contributed by atoms with Gasteiger partial charge in [0.05, 0.1) is 0 Å². The highest BCUT2D eigenvalue weighted by Crippen LogP contribution is 2.29. The van der Waals surface area contributed by atoms with Crippen molar-refractivity contribution in [2.45, 2.75) is 25.4 Å². The van der Waals surface area contributed by atoms with E-state index in [9.17, 15) is 5.11 Å². The Balaban J connectivity index is 0.00000243. The van der Waals surface area contributed by atoms with Crippen molar-refractivity contribution in [2.75, 3.05) is 33.4 Å². The SMILES string of the molecule is CN=C(NCCCOCC1CC1)NCC(O)c1cc2ccccc2s1.I. The van der Waals surface area contributed by atoms with Gasteiger partial charge in [-0.05, 0) is 42.7 Å². The molecule has 26 heavy (non-hydrogen) atoms. The number of aliphatic hydroxyl groups excluding tert-OH is 1. The number of fused-ring (bicyclic) bond motifs is 1. The fourth-order valence-electron chi connectivity index (χ4n) is 2.60. The summed E-state index contributed by atoms with van der Waals surface area (Å²) < 4.78 is 6.82. The number of guanidine groups is 1. The minimum Gasteiger partial charge on any atom is -0.386 e. The second kappa shape index (κ2) is 11.1. The molecule has 0 radical (unpaired) electrons. The quantitative estimate of drug-likeness (QED) is 0.218. The average Bonchev–Trinajstić information content (AvgIpc) is 3.35. The van der Waals surface area contributed by atoms with E-state index in [0.29, 0.717) is 12.5 Å². The van der Waals surface area contributed by atoms with Gasteiger partial charge < -0.3 is 20.5 Å². The van der Waals surface area contributed by atoms with Gasteiger partial charge in [0.15, 0.2) is 5.96 Å². The van der Waals surface area contributed by atoms with E-state index in [1.807, 2.05) is 12.1 Å². The molecule has 2 aromatic rings. The van der Waals surface area contributed by atoms with E-state index in [1.165, 1.54) is 22.9 Å². The molecule has 1 aliphatic rings. The van der Waals surface area contributed by atoms with Crippen LogP contribution in [0, 0.1) is 5.92 Å². The minimum absolute atomic E-state index is 0. The van der Waals surface area contributed by atoms with Crippen LogP contribution in [0.3, 0.4) is 0 Å². The summed E-state index contributed by atoms with van der Waals surface area (Å²) in [7, 11) is 1.74. The van der Waals surface area contributed by atoms with Crippen LogP contribution in [-0.4, -0.2) is 44.4 Å². The number of hydrogen-bond acceptors (Lipinski definition) is 4. The van der Waals surface area contributed by atoms with Crippen LogP contribution in [0.2, 0.25) is 0 Å². The highest BCUT2D eigenvalue weighted by molar-refractivity contribution is 14.0. The number of thiophene rings is 1. The van der Waals surface area contributed by atoms with E-state index in [-0.39, 0.29) is 24.0 Å². The molecule has 0 spiro atoms. The molecule has 3 N–H and O–H groups in total. The van der Waals surface area contributed by atoms with E-state index in [2.05, 4.69) is 33.8 Å². The Morgan fingerprint density at radius 3 is 2.88 bits per heavy atom. The molecule has 144 valence electrons. The first-order chi connectivity index (χ1) is 12.3. The molecular formula is C19H28IN3O2S. The Bertz CT molecular complexity index is 670. The van der Waals surface area contributed by atoms with E-state index in [4.69, 9.17) is 4.74 Å². The van der Waals surface area contributed by atoms with E-state index < -0.39 is 6.10 Å². The number of ether oxygens (including phenoxy) is 1. The first kappa shape index (κ1) is 21.4. The van der Waals surface area contributed by atoms with Crippen molar-refractivity contribution in [3.8, 4) is 0 Å². The number of hydrogen-bond donors (Lipinski definition) is 3. The summed E-state index contributed by atoms with van der Waals surface area (Å²) in [5.74, 6) is 1.53. The highest BCUT2D eigenvalue weighted by Gasteiger charge is 2.20. The van der Waals surface area contributed by atoms with E-state index >= 15 is 0 Å². The number of halogens is 1. The monoisotopic (exact) mass is 489 g/mol. The lowest BCUT2D eigenvalue weighted by Gasteiger charge is -2.14. The molecule has 0 amide bonds. The van der Waals surface area contributed by atoms with Crippen molar-refractivity contribution in [1.29, 1.82) is 0 Å². The fraction of sp³-hybridized carbons (Fsp3) is 0.526.